The van der Waals surface area contributed by atoms with Crippen LogP contribution in [0.5, 0.6) is 5.75 Å². The quantitative estimate of drug-likeness (QED) is 0.454. The van der Waals surface area contributed by atoms with Gasteiger partial charge in [0.2, 0.25) is 5.91 Å². The molecule has 8 nitrogen and oxygen atoms in total. The van der Waals surface area contributed by atoms with Gasteiger partial charge < -0.3 is 14.5 Å². The maximum Gasteiger partial charge on any atom is 0.251 e. The zero-order valence-corrected chi connectivity index (χ0v) is 18.7. The fourth-order valence-electron chi connectivity index (χ4n) is 3.95. The van der Waals surface area contributed by atoms with Gasteiger partial charge in [-0.3, -0.25) is 14.5 Å². The first-order chi connectivity index (χ1) is 16.6. The number of nitrogens with zero attached hydrogens (tertiary/aromatic N) is 3. The summed E-state index contributed by atoms with van der Waals surface area (Å²) in [6.45, 7) is 1.28. The number of hydrogen-bond donors (Lipinski definition) is 1. The normalized spacial score (nSPS) is 13.0. The topological polar surface area (TPSA) is 89.6 Å². The lowest BCUT2D eigenvalue weighted by molar-refractivity contribution is -0.119. The smallest absolute Gasteiger partial charge is 0.251 e. The summed E-state index contributed by atoms with van der Waals surface area (Å²) in [7, 11) is 1.63. The molecule has 34 heavy (non-hydrogen) atoms. The highest BCUT2D eigenvalue weighted by atomic mass is 16.5. The van der Waals surface area contributed by atoms with E-state index in [1.807, 2.05) is 53.2 Å². The van der Waals surface area contributed by atoms with Crippen LogP contribution in [-0.2, 0) is 24.4 Å². The second kappa shape index (κ2) is 9.27. The van der Waals surface area contributed by atoms with Crippen LogP contribution in [0.4, 0.5) is 5.82 Å². The molecule has 0 saturated carbocycles. The van der Waals surface area contributed by atoms with Crippen LogP contribution in [0.1, 0.15) is 28.1 Å². The van der Waals surface area contributed by atoms with Crippen molar-refractivity contribution >= 4 is 17.6 Å². The van der Waals surface area contributed by atoms with E-state index in [1.54, 1.807) is 36.5 Å². The second-order valence-corrected chi connectivity index (χ2v) is 8.03. The van der Waals surface area contributed by atoms with E-state index in [0.29, 0.717) is 37.4 Å². The Labute approximate surface area is 196 Å². The van der Waals surface area contributed by atoms with Gasteiger partial charge in [0.15, 0.2) is 0 Å². The Morgan fingerprint density at radius 3 is 2.62 bits per heavy atom. The zero-order chi connectivity index (χ0) is 23.5. The van der Waals surface area contributed by atoms with Gasteiger partial charge in [0.05, 0.1) is 38.7 Å². The monoisotopic (exact) mass is 456 g/mol. The number of fused-ring (bicyclic) bond motifs is 1. The molecule has 5 rings (SSSR count). The molecule has 1 aliphatic heterocycles. The van der Waals surface area contributed by atoms with Crippen LogP contribution in [-0.4, -0.2) is 28.7 Å². The second-order valence-electron chi connectivity index (χ2n) is 8.03. The maximum atomic E-state index is 12.8. The highest BCUT2D eigenvalue weighted by Crippen LogP contribution is 2.30. The minimum Gasteiger partial charge on any atom is -0.497 e. The van der Waals surface area contributed by atoms with Crippen molar-refractivity contribution < 1.29 is 18.7 Å². The van der Waals surface area contributed by atoms with Crippen LogP contribution in [0.15, 0.2) is 77.4 Å². The Hall–Kier alpha value is -4.33. The molecule has 3 heterocycles. The fraction of sp³-hybridized carbons (Fsp3) is 0.192. The van der Waals surface area contributed by atoms with Crippen molar-refractivity contribution in [3.8, 4) is 17.0 Å². The lowest BCUT2D eigenvalue weighted by Crippen LogP contribution is -2.36. The molecule has 0 saturated heterocycles. The molecule has 0 aliphatic carbocycles. The number of anilines is 1. The summed E-state index contributed by atoms with van der Waals surface area (Å²) >= 11 is 0. The molecule has 0 unspecified atom stereocenters. The van der Waals surface area contributed by atoms with Gasteiger partial charge in [0, 0.05) is 23.6 Å². The van der Waals surface area contributed by atoms with Gasteiger partial charge in [-0.2, -0.15) is 5.10 Å². The summed E-state index contributed by atoms with van der Waals surface area (Å²) in [5, 5.41) is 7.53. The molecule has 2 amide bonds. The van der Waals surface area contributed by atoms with Crippen LogP contribution >= 0.6 is 0 Å². The van der Waals surface area contributed by atoms with Crippen LogP contribution in [0, 0.1) is 0 Å². The van der Waals surface area contributed by atoms with Gasteiger partial charge in [-0.15, -0.1) is 0 Å². The first kappa shape index (κ1) is 21.5. The summed E-state index contributed by atoms with van der Waals surface area (Å²) in [5.41, 5.74) is 3.24. The van der Waals surface area contributed by atoms with Gasteiger partial charge in [0.1, 0.15) is 17.3 Å². The summed E-state index contributed by atoms with van der Waals surface area (Å²) in [4.78, 5) is 26.9. The Morgan fingerprint density at radius 2 is 1.91 bits per heavy atom. The Balaban J connectivity index is 1.30. The number of furan rings is 1. The molecular weight excluding hydrogens is 432 g/mol. The Kier molecular flexibility index (Phi) is 5.86. The lowest BCUT2D eigenvalue weighted by atomic mass is 10.1. The molecule has 2 aromatic carbocycles. The Bertz CT molecular complexity index is 1290. The average molecular weight is 457 g/mol. The van der Waals surface area contributed by atoms with Crippen molar-refractivity contribution in [2.24, 2.45) is 0 Å². The molecule has 1 aliphatic rings. The zero-order valence-electron chi connectivity index (χ0n) is 18.7. The summed E-state index contributed by atoms with van der Waals surface area (Å²) < 4.78 is 12.3. The summed E-state index contributed by atoms with van der Waals surface area (Å²) in [6, 6.07) is 20.5. The van der Waals surface area contributed by atoms with E-state index < -0.39 is 0 Å². The standard InChI is InChI=1S/C26H24N4O4/c1-33-21-10-8-19(9-11-21)23-15-24-29(25(31)12-13-30(24)28-23)17-18-4-6-20(7-5-18)26(32)27-16-22-3-2-14-34-22/h2-11,14-15H,12-13,16-17H2,1H3,(H,27,32). The predicted molar refractivity (Wildman–Crippen MR) is 126 cm³/mol. The van der Waals surface area contributed by atoms with Crippen molar-refractivity contribution in [2.45, 2.75) is 26.1 Å². The molecule has 0 spiro atoms. The maximum absolute atomic E-state index is 12.8. The fourth-order valence-corrected chi connectivity index (χ4v) is 3.95. The summed E-state index contributed by atoms with van der Waals surface area (Å²) in [5.74, 6) is 2.11. The molecule has 0 bridgehead atoms. The minimum atomic E-state index is -0.181. The van der Waals surface area contributed by atoms with Crippen LogP contribution in [0.3, 0.4) is 0 Å². The third-order valence-corrected chi connectivity index (χ3v) is 5.82. The number of aryl methyl sites for hydroxylation is 1. The molecule has 8 heteroatoms. The van der Waals surface area contributed by atoms with Gasteiger partial charge >= 0.3 is 0 Å². The summed E-state index contributed by atoms with van der Waals surface area (Å²) in [6.07, 6.45) is 1.97. The van der Waals surface area contributed by atoms with E-state index in [9.17, 15) is 9.59 Å². The van der Waals surface area contributed by atoms with E-state index in [2.05, 4.69) is 5.32 Å². The number of carbonyl (C=O) groups is 2. The van der Waals surface area contributed by atoms with Gasteiger partial charge in [-0.25, -0.2) is 4.68 Å². The predicted octanol–water partition coefficient (Wildman–Crippen LogP) is 4.02. The highest BCUT2D eigenvalue weighted by molar-refractivity contribution is 5.95. The lowest BCUT2D eigenvalue weighted by Gasteiger charge is -2.27. The average Bonchev–Trinajstić information content (AvgIpc) is 3.55. The number of methoxy groups -OCH3 is 1. The molecule has 1 N–H and O–H groups in total. The number of nitrogens with one attached hydrogen (secondary N) is 1. The van der Waals surface area contributed by atoms with E-state index in [1.165, 1.54) is 0 Å². The number of benzene rings is 2. The van der Waals surface area contributed by atoms with Crippen molar-refractivity contribution in [2.75, 3.05) is 12.0 Å². The SMILES string of the molecule is COc1ccc(-c2cc3n(n2)CCC(=O)N3Cc2ccc(C(=O)NCc3ccco3)cc2)cc1. The molecule has 0 atom stereocenters. The van der Waals surface area contributed by atoms with Crippen molar-refractivity contribution in [1.82, 2.24) is 15.1 Å². The largest absolute Gasteiger partial charge is 0.497 e. The molecular formula is C26H24N4O4. The number of amides is 2. The molecule has 0 radical (unpaired) electrons. The molecule has 0 fully saturated rings. The van der Waals surface area contributed by atoms with E-state index in [4.69, 9.17) is 14.3 Å². The molecule has 172 valence electrons. The first-order valence-corrected chi connectivity index (χ1v) is 11.0. The van der Waals surface area contributed by atoms with Crippen LogP contribution in [0.25, 0.3) is 11.3 Å². The van der Waals surface area contributed by atoms with Gasteiger partial charge in [-0.1, -0.05) is 12.1 Å². The van der Waals surface area contributed by atoms with E-state index in [-0.39, 0.29) is 11.8 Å². The minimum absolute atomic E-state index is 0.0500. The number of hydrogen-bond acceptors (Lipinski definition) is 5. The third kappa shape index (κ3) is 4.43. The van der Waals surface area contributed by atoms with Crippen LogP contribution in [0.2, 0.25) is 0 Å². The van der Waals surface area contributed by atoms with Crippen molar-refractivity contribution in [3.63, 3.8) is 0 Å². The van der Waals surface area contributed by atoms with E-state index >= 15 is 0 Å². The van der Waals surface area contributed by atoms with Crippen LogP contribution < -0.4 is 15.0 Å². The van der Waals surface area contributed by atoms with Gasteiger partial charge in [-0.05, 0) is 54.1 Å². The molecule has 2 aromatic heterocycles. The van der Waals surface area contributed by atoms with Crippen molar-refractivity contribution in [1.29, 1.82) is 0 Å². The number of rotatable bonds is 7. The third-order valence-electron chi connectivity index (χ3n) is 5.82. The molecule has 4 aromatic rings. The van der Waals surface area contributed by atoms with Gasteiger partial charge in [0.25, 0.3) is 5.91 Å². The first-order valence-electron chi connectivity index (χ1n) is 11.0. The Morgan fingerprint density at radius 1 is 1.12 bits per heavy atom. The number of ether oxygens (including phenoxy) is 1. The van der Waals surface area contributed by atoms with E-state index in [0.717, 1.165) is 28.4 Å². The number of carbonyl (C=O) groups excluding carboxylic acids is 2. The number of aromatic nitrogens is 2. The van der Waals surface area contributed by atoms with Crippen molar-refractivity contribution in [3.05, 3.63) is 89.9 Å². The highest BCUT2D eigenvalue weighted by Gasteiger charge is 2.26.